The van der Waals surface area contributed by atoms with Gasteiger partial charge in [-0.1, -0.05) is 59.3 Å². The second kappa shape index (κ2) is 11.5. The number of nitrogens with zero attached hydrogens (tertiary/aromatic N) is 5. The summed E-state index contributed by atoms with van der Waals surface area (Å²) in [6.45, 7) is 8.24. The predicted molar refractivity (Wildman–Crippen MR) is 143 cm³/mol. The zero-order valence-corrected chi connectivity index (χ0v) is 22.6. The molecule has 3 heterocycles. The van der Waals surface area contributed by atoms with Crippen LogP contribution in [0.15, 0.2) is 12.3 Å². The number of carbonyl (C=O) groups is 1. The molecule has 5 rings (SSSR count). The van der Waals surface area contributed by atoms with E-state index in [4.69, 9.17) is 0 Å². The van der Waals surface area contributed by atoms with E-state index in [0.717, 1.165) is 18.8 Å². The second-order valence-electron chi connectivity index (χ2n) is 11.0. The zero-order valence-electron chi connectivity index (χ0n) is 22.6. The fourth-order valence-electron chi connectivity index (χ4n) is 5.16. The maximum Gasteiger partial charge on any atom is 0.374 e. The van der Waals surface area contributed by atoms with Gasteiger partial charge in [0.25, 0.3) is 0 Å². The van der Waals surface area contributed by atoms with E-state index in [0.29, 0.717) is 22.8 Å². The Morgan fingerprint density at radius 2 is 1.78 bits per heavy atom. The van der Waals surface area contributed by atoms with E-state index in [-0.39, 0.29) is 34.9 Å². The number of fused-ring (bicyclic) bond motifs is 1. The molecule has 0 radical (unpaired) electrons. The van der Waals surface area contributed by atoms with Crippen LogP contribution in [0, 0.1) is 17.7 Å². The number of hydrogen-bond acceptors (Lipinski definition) is 6. The highest BCUT2D eigenvalue weighted by atomic mass is 19.1. The first kappa shape index (κ1) is 26.9. The van der Waals surface area contributed by atoms with Crippen LogP contribution in [0.3, 0.4) is 0 Å². The first-order chi connectivity index (χ1) is 17.7. The quantitative estimate of drug-likeness (QED) is 0.386. The highest BCUT2D eigenvalue weighted by Gasteiger charge is 2.27. The number of aromatic nitrogens is 5. The largest absolute Gasteiger partial charge is 0.475 e. The van der Waals surface area contributed by atoms with Crippen LogP contribution >= 0.6 is 0 Å². The minimum atomic E-state index is -1.24. The van der Waals surface area contributed by atoms with Crippen molar-refractivity contribution in [1.29, 1.82) is 0 Å². The molecule has 1 unspecified atom stereocenters. The molecule has 0 amide bonds. The molecule has 2 aliphatic carbocycles. The van der Waals surface area contributed by atoms with Gasteiger partial charge in [0.05, 0.1) is 0 Å². The third-order valence-corrected chi connectivity index (χ3v) is 7.79. The molecule has 8 nitrogen and oxygen atoms in total. The van der Waals surface area contributed by atoms with Crippen molar-refractivity contribution in [2.24, 2.45) is 18.9 Å². The molecule has 2 aliphatic rings. The molecule has 0 spiro atoms. The normalized spacial score (nSPS) is 17.3. The van der Waals surface area contributed by atoms with Gasteiger partial charge in [-0.15, -0.1) is 0 Å². The Morgan fingerprint density at radius 3 is 2.32 bits per heavy atom. The Hall–Kier alpha value is -3.10. The summed E-state index contributed by atoms with van der Waals surface area (Å²) in [5.74, 6) is 0.177. The number of pyridine rings is 1. The molecule has 1 atom stereocenters. The summed E-state index contributed by atoms with van der Waals surface area (Å²) in [5.41, 5.74) is 1.37. The van der Waals surface area contributed by atoms with Crippen molar-refractivity contribution in [2.45, 2.75) is 91.0 Å². The first-order valence-corrected chi connectivity index (χ1v) is 13.6. The maximum atomic E-state index is 15.1. The van der Waals surface area contributed by atoms with Crippen LogP contribution < -0.4 is 5.32 Å². The molecule has 0 aromatic carbocycles. The van der Waals surface area contributed by atoms with Gasteiger partial charge in [0.15, 0.2) is 23.1 Å². The van der Waals surface area contributed by atoms with Gasteiger partial charge in [-0.05, 0) is 49.1 Å². The number of carboxylic acid groups (broad SMARTS) is 1. The molecule has 3 aromatic rings. The van der Waals surface area contributed by atoms with E-state index in [1.807, 2.05) is 13.8 Å². The fraction of sp³-hybridized carbons (Fsp3) is 0.607. The summed E-state index contributed by atoms with van der Waals surface area (Å²) >= 11 is 0. The van der Waals surface area contributed by atoms with E-state index in [9.17, 15) is 9.90 Å². The lowest BCUT2D eigenvalue weighted by atomic mass is 9.80. The molecule has 2 saturated carbocycles. The standard InChI is InChI=1S/C21H25FN6O2.C7H14/c1-10(2)13-8-9-23-15(14(13)22)20-27-18-16(28(20)4)17(25-19(26-18)21(29)30)24-11(3)12-6-5-7-12;1-7-5-3-2-4-6-7/h8-12H,5-7H2,1-4H3,(H,29,30)(H,24,25,26);7H,2-6H2,1H3. The van der Waals surface area contributed by atoms with Crippen LogP contribution in [0.4, 0.5) is 10.2 Å². The number of hydrogen-bond donors (Lipinski definition) is 2. The molecule has 37 heavy (non-hydrogen) atoms. The number of aryl methyl sites for hydroxylation is 1. The van der Waals surface area contributed by atoms with Gasteiger partial charge in [-0.25, -0.2) is 29.1 Å². The molecule has 0 aliphatic heterocycles. The molecule has 9 heteroatoms. The van der Waals surface area contributed by atoms with Crippen LogP contribution in [-0.4, -0.2) is 41.6 Å². The number of aromatic carboxylic acids is 1. The Bertz CT molecular complexity index is 1250. The Labute approximate surface area is 218 Å². The maximum absolute atomic E-state index is 15.1. The lowest BCUT2D eigenvalue weighted by Crippen LogP contribution is -2.31. The Balaban J connectivity index is 0.000000396. The average Bonchev–Trinajstić information content (AvgIpc) is 3.15. The van der Waals surface area contributed by atoms with Gasteiger partial charge >= 0.3 is 5.97 Å². The number of halogens is 1. The van der Waals surface area contributed by atoms with E-state index in [1.165, 1.54) is 38.5 Å². The molecule has 2 fully saturated rings. The summed E-state index contributed by atoms with van der Waals surface area (Å²) in [6, 6.07) is 1.78. The predicted octanol–water partition coefficient (Wildman–Crippen LogP) is 6.57. The van der Waals surface area contributed by atoms with E-state index in [1.54, 1.807) is 23.9 Å². The Kier molecular flexibility index (Phi) is 8.39. The molecule has 200 valence electrons. The van der Waals surface area contributed by atoms with Gasteiger partial charge in [-0.3, -0.25) is 0 Å². The molecular formula is C28H39FN6O2. The summed E-state index contributed by atoms with van der Waals surface area (Å²) in [6.07, 6.45) is 12.4. The lowest BCUT2D eigenvalue weighted by Gasteiger charge is -2.32. The third kappa shape index (κ3) is 5.91. The van der Waals surface area contributed by atoms with Crippen LogP contribution in [0.5, 0.6) is 0 Å². The summed E-state index contributed by atoms with van der Waals surface area (Å²) < 4.78 is 16.8. The molecule has 2 N–H and O–H groups in total. The summed E-state index contributed by atoms with van der Waals surface area (Å²) in [7, 11) is 1.73. The molecule has 3 aromatic heterocycles. The molecule has 0 bridgehead atoms. The minimum Gasteiger partial charge on any atom is -0.475 e. The van der Waals surface area contributed by atoms with Gasteiger partial charge < -0.3 is 15.0 Å². The van der Waals surface area contributed by atoms with Crippen molar-refractivity contribution < 1.29 is 14.3 Å². The fourth-order valence-corrected chi connectivity index (χ4v) is 5.16. The first-order valence-electron chi connectivity index (χ1n) is 13.6. The van der Waals surface area contributed by atoms with Gasteiger partial charge in [-0.2, -0.15) is 0 Å². The number of rotatable bonds is 6. The van der Waals surface area contributed by atoms with Gasteiger partial charge in [0, 0.05) is 19.3 Å². The van der Waals surface area contributed by atoms with Crippen LogP contribution in [-0.2, 0) is 7.05 Å². The summed E-state index contributed by atoms with van der Waals surface area (Å²) in [4.78, 5) is 28.5. The van der Waals surface area contributed by atoms with E-state index >= 15 is 4.39 Å². The van der Waals surface area contributed by atoms with Crippen molar-refractivity contribution in [3.63, 3.8) is 0 Å². The zero-order chi connectivity index (χ0) is 26.7. The molecule has 0 saturated heterocycles. The SMILES string of the molecule is CC(C)c1ccnc(-c2nc3nc(C(=O)O)nc(NC(C)C4CCC4)c3n2C)c1F.CC1CCCCC1. The average molecular weight is 511 g/mol. The lowest BCUT2D eigenvalue weighted by molar-refractivity contribution is 0.0684. The Morgan fingerprint density at radius 1 is 1.08 bits per heavy atom. The van der Waals surface area contributed by atoms with E-state index in [2.05, 4.69) is 39.1 Å². The third-order valence-electron chi connectivity index (χ3n) is 7.79. The van der Waals surface area contributed by atoms with Crippen LogP contribution in [0.2, 0.25) is 0 Å². The van der Waals surface area contributed by atoms with Crippen molar-refractivity contribution in [3.05, 3.63) is 29.5 Å². The topological polar surface area (TPSA) is 106 Å². The highest BCUT2D eigenvalue weighted by Crippen LogP contribution is 2.34. The van der Waals surface area contributed by atoms with Crippen molar-refractivity contribution in [2.75, 3.05) is 5.32 Å². The van der Waals surface area contributed by atoms with Crippen LogP contribution in [0.25, 0.3) is 22.7 Å². The second-order valence-corrected chi connectivity index (χ2v) is 11.0. The van der Waals surface area contributed by atoms with Gasteiger partial charge in [0.2, 0.25) is 5.82 Å². The number of nitrogens with one attached hydrogen (secondary N) is 1. The minimum absolute atomic E-state index is 0.0135. The van der Waals surface area contributed by atoms with Crippen LogP contribution in [0.1, 0.15) is 101 Å². The molecular weight excluding hydrogens is 471 g/mol. The highest BCUT2D eigenvalue weighted by molar-refractivity contribution is 5.92. The van der Waals surface area contributed by atoms with Crippen molar-refractivity contribution >= 4 is 23.0 Å². The number of carboxylic acids is 1. The number of imidazole rings is 1. The number of anilines is 1. The van der Waals surface area contributed by atoms with E-state index < -0.39 is 11.8 Å². The smallest absolute Gasteiger partial charge is 0.374 e. The van der Waals surface area contributed by atoms with Gasteiger partial charge in [0.1, 0.15) is 11.2 Å². The van der Waals surface area contributed by atoms with Crippen molar-refractivity contribution in [3.8, 4) is 11.5 Å². The monoisotopic (exact) mass is 510 g/mol. The van der Waals surface area contributed by atoms with Crippen molar-refractivity contribution in [1.82, 2.24) is 24.5 Å². The summed E-state index contributed by atoms with van der Waals surface area (Å²) in [5, 5.41) is 12.8.